The zero-order valence-corrected chi connectivity index (χ0v) is 27.5. The van der Waals surface area contributed by atoms with E-state index in [1.54, 1.807) is 30.5 Å². The number of carbonyl (C=O) groups excluding carboxylic acids is 3. The van der Waals surface area contributed by atoms with E-state index in [9.17, 15) is 14.4 Å². The van der Waals surface area contributed by atoms with Crippen LogP contribution < -0.4 is 14.2 Å². The van der Waals surface area contributed by atoms with Crippen LogP contribution in [-0.4, -0.2) is 50.6 Å². The van der Waals surface area contributed by atoms with E-state index in [4.69, 9.17) is 46.9 Å². The molecule has 47 heavy (non-hydrogen) atoms. The van der Waals surface area contributed by atoms with Gasteiger partial charge in [-0.3, -0.25) is 4.99 Å². The van der Waals surface area contributed by atoms with E-state index in [0.29, 0.717) is 43.4 Å². The third-order valence-electron chi connectivity index (χ3n) is 6.45. The summed E-state index contributed by atoms with van der Waals surface area (Å²) in [7, 11) is 0. The number of ether oxygens (including phenoxy) is 5. The van der Waals surface area contributed by atoms with Crippen LogP contribution >= 0.6 is 23.2 Å². The summed E-state index contributed by atoms with van der Waals surface area (Å²) < 4.78 is 26.8. The molecule has 3 aromatic carbocycles. The van der Waals surface area contributed by atoms with Crippen LogP contribution in [0.3, 0.4) is 0 Å². The molecule has 0 aromatic heterocycles. The van der Waals surface area contributed by atoms with Gasteiger partial charge in [0.2, 0.25) is 0 Å². The topological polar surface area (TPSA) is 110 Å². The summed E-state index contributed by atoms with van der Waals surface area (Å²) >= 11 is 12.9. The third kappa shape index (κ3) is 13.7. The maximum Gasteiger partial charge on any atom is 0.343 e. The minimum atomic E-state index is -0.578. The van der Waals surface area contributed by atoms with Crippen LogP contribution in [0.25, 0.3) is 0 Å². The quantitative estimate of drug-likeness (QED) is 0.0384. The molecule has 3 rings (SSSR count). The molecule has 248 valence electrons. The average Bonchev–Trinajstić information content (AvgIpc) is 3.07. The highest BCUT2D eigenvalue weighted by Gasteiger charge is 2.13. The lowest BCUT2D eigenvalue weighted by atomic mass is 10.2. The fourth-order valence-electron chi connectivity index (χ4n) is 3.97. The Balaban J connectivity index is 1.42. The first-order valence-electron chi connectivity index (χ1n) is 15.1. The molecule has 0 fully saturated rings. The van der Waals surface area contributed by atoms with Gasteiger partial charge in [-0.1, -0.05) is 36.4 Å². The molecule has 0 aliphatic carbocycles. The Kier molecular flexibility index (Phi) is 16.1. The Bertz CT molecular complexity index is 1500. The Hall–Kier alpha value is -4.60. The molecule has 0 aliphatic heterocycles. The smallest absolute Gasteiger partial charge is 0.343 e. The maximum absolute atomic E-state index is 12.7. The van der Waals surface area contributed by atoms with Gasteiger partial charge in [-0.25, -0.2) is 14.4 Å². The molecule has 0 amide bonds. The van der Waals surface area contributed by atoms with Gasteiger partial charge in [0.05, 0.1) is 42.0 Å². The van der Waals surface area contributed by atoms with Gasteiger partial charge in [0.15, 0.2) is 0 Å². The van der Waals surface area contributed by atoms with Crippen molar-refractivity contribution in [3.05, 3.63) is 107 Å². The van der Waals surface area contributed by atoms with Crippen molar-refractivity contribution in [1.29, 1.82) is 0 Å². The van der Waals surface area contributed by atoms with Gasteiger partial charge < -0.3 is 23.7 Å². The highest BCUT2D eigenvalue weighted by atomic mass is 35.5. The molecule has 0 unspecified atom stereocenters. The van der Waals surface area contributed by atoms with Crippen LogP contribution in [0.5, 0.6) is 17.2 Å². The van der Waals surface area contributed by atoms with Gasteiger partial charge in [-0.2, -0.15) is 0 Å². The van der Waals surface area contributed by atoms with Gasteiger partial charge in [0.25, 0.3) is 0 Å². The second kappa shape index (κ2) is 20.5. The highest BCUT2D eigenvalue weighted by molar-refractivity contribution is 6.39. The second-order valence-corrected chi connectivity index (χ2v) is 10.9. The van der Waals surface area contributed by atoms with Crippen LogP contribution in [0.2, 0.25) is 10.0 Å². The maximum atomic E-state index is 12.7. The number of hydrogen-bond donors (Lipinski definition) is 0. The van der Waals surface area contributed by atoms with Crippen LogP contribution in [0.1, 0.15) is 54.4 Å². The molecular weight excluding hydrogens is 645 g/mol. The van der Waals surface area contributed by atoms with Crippen molar-refractivity contribution < 1.29 is 38.1 Å². The highest BCUT2D eigenvalue weighted by Crippen LogP contribution is 2.37. The number of hydrogen-bond acceptors (Lipinski definition) is 9. The lowest BCUT2D eigenvalue weighted by Gasteiger charge is -2.09. The Morgan fingerprint density at radius 1 is 0.638 bits per heavy atom. The summed E-state index contributed by atoms with van der Waals surface area (Å²) in [4.78, 5) is 39.2. The summed E-state index contributed by atoms with van der Waals surface area (Å²) in [6.07, 6.45) is 8.75. The molecule has 0 aliphatic rings. The number of carbonyl (C=O) groups is 3. The summed E-state index contributed by atoms with van der Waals surface area (Å²) in [5.41, 5.74) is 1.48. The van der Waals surface area contributed by atoms with Gasteiger partial charge in [0, 0.05) is 30.5 Å². The Morgan fingerprint density at radius 3 is 1.60 bits per heavy atom. The summed E-state index contributed by atoms with van der Waals surface area (Å²) in [6, 6.07) is 16.9. The zero-order chi connectivity index (χ0) is 33.9. The van der Waals surface area contributed by atoms with E-state index < -0.39 is 17.9 Å². The summed E-state index contributed by atoms with van der Waals surface area (Å²) in [5.74, 6) is 0.110. The van der Waals surface area contributed by atoms with Crippen LogP contribution in [0.4, 0.5) is 5.69 Å². The molecule has 3 aromatic rings. The second-order valence-electron chi connectivity index (χ2n) is 10.0. The number of benzene rings is 3. The van der Waals surface area contributed by atoms with Crippen molar-refractivity contribution in [3.8, 4) is 17.2 Å². The predicted octanol–water partition coefficient (Wildman–Crippen LogP) is 8.52. The first-order valence-corrected chi connectivity index (χ1v) is 15.8. The molecule has 0 saturated heterocycles. The fourth-order valence-corrected chi connectivity index (χ4v) is 4.54. The SMILES string of the molecule is C=CC(=O)OCCCCCOc1ccc(C=Nc2c(Cl)cc(OC(=O)c3ccc(OCCCCCOC(=O)C=C)cc3)cc2Cl)cc1. The van der Waals surface area contributed by atoms with E-state index in [-0.39, 0.29) is 15.8 Å². The molecule has 9 nitrogen and oxygen atoms in total. The minimum absolute atomic E-state index is 0.183. The van der Waals surface area contributed by atoms with E-state index >= 15 is 0 Å². The van der Waals surface area contributed by atoms with Crippen LogP contribution in [0.15, 0.2) is 91.0 Å². The molecule has 0 spiro atoms. The third-order valence-corrected chi connectivity index (χ3v) is 7.03. The summed E-state index contributed by atoms with van der Waals surface area (Å²) in [6.45, 7) is 8.47. The molecule has 11 heteroatoms. The molecule has 0 atom stereocenters. The van der Waals surface area contributed by atoms with E-state index in [1.165, 1.54) is 12.1 Å². The van der Waals surface area contributed by atoms with Crippen molar-refractivity contribution in [2.75, 3.05) is 26.4 Å². The molecule has 0 saturated carbocycles. The van der Waals surface area contributed by atoms with Crippen molar-refractivity contribution in [1.82, 2.24) is 0 Å². The van der Waals surface area contributed by atoms with Crippen molar-refractivity contribution in [2.24, 2.45) is 4.99 Å². The first-order chi connectivity index (χ1) is 22.8. The number of esters is 3. The lowest BCUT2D eigenvalue weighted by molar-refractivity contribution is -0.138. The van der Waals surface area contributed by atoms with Crippen molar-refractivity contribution >= 4 is 53.0 Å². The molecule has 0 heterocycles. The van der Waals surface area contributed by atoms with Crippen LogP contribution in [0, 0.1) is 0 Å². The molecule has 0 bridgehead atoms. The molecular formula is C36H37Cl2NO8. The Labute approximate surface area is 284 Å². The Morgan fingerprint density at radius 2 is 1.11 bits per heavy atom. The largest absolute Gasteiger partial charge is 0.494 e. The monoisotopic (exact) mass is 681 g/mol. The van der Waals surface area contributed by atoms with E-state index in [2.05, 4.69) is 18.2 Å². The van der Waals surface area contributed by atoms with Crippen LogP contribution in [-0.2, 0) is 19.1 Å². The van der Waals surface area contributed by atoms with Crippen molar-refractivity contribution in [3.63, 3.8) is 0 Å². The van der Waals surface area contributed by atoms with E-state index in [0.717, 1.165) is 62.0 Å². The van der Waals surface area contributed by atoms with Crippen molar-refractivity contribution in [2.45, 2.75) is 38.5 Å². The summed E-state index contributed by atoms with van der Waals surface area (Å²) in [5, 5.41) is 0.441. The van der Waals surface area contributed by atoms with Gasteiger partial charge in [-0.15, -0.1) is 0 Å². The zero-order valence-electron chi connectivity index (χ0n) is 26.0. The molecule has 0 radical (unpaired) electrons. The minimum Gasteiger partial charge on any atom is -0.494 e. The van der Waals surface area contributed by atoms with Gasteiger partial charge in [-0.05, 0) is 92.6 Å². The van der Waals surface area contributed by atoms with Gasteiger partial charge in [0.1, 0.15) is 22.9 Å². The fraction of sp³-hybridized carbons (Fsp3) is 0.278. The average molecular weight is 683 g/mol. The van der Waals surface area contributed by atoms with E-state index in [1.807, 2.05) is 24.3 Å². The first kappa shape index (κ1) is 36.9. The standard InChI is InChI=1S/C36H37Cl2NO8/c1-3-33(40)45-21-9-5-7-19-43-28-15-11-26(12-16-28)25-39-35-31(37)23-30(24-32(35)38)47-36(42)27-13-17-29(18-14-27)44-20-8-6-10-22-46-34(41)4-2/h3-4,11-18,23-25H,1-2,5-10,19-22H2. The lowest BCUT2D eigenvalue weighted by Crippen LogP contribution is -2.08. The number of nitrogens with zero attached hydrogens (tertiary/aromatic N) is 1. The predicted molar refractivity (Wildman–Crippen MR) is 183 cm³/mol. The number of halogens is 2. The number of aliphatic imine (C=N–C) groups is 1. The molecule has 0 N–H and O–H groups in total. The normalized spacial score (nSPS) is 10.7. The number of rotatable bonds is 20. The number of unbranched alkanes of at least 4 members (excludes halogenated alkanes) is 4. The van der Waals surface area contributed by atoms with Gasteiger partial charge >= 0.3 is 17.9 Å².